The summed E-state index contributed by atoms with van der Waals surface area (Å²) in [6, 6.07) is -2.08. The lowest BCUT2D eigenvalue weighted by Crippen LogP contribution is -2.62. The van der Waals surface area contributed by atoms with Crippen LogP contribution in [0, 0.1) is 17.8 Å². The van der Waals surface area contributed by atoms with Gasteiger partial charge in [-0.15, -0.1) is 0 Å². The number of carbonyl (C=O) groups excluding carboxylic acids is 11. The number of aliphatic hydroxyl groups excluding tert-OH is 3. The molecule has 2 heterocycles. The van der Waals surface area contributed by atoms with Crippen molar-refractivity contribution in [2.45, 2.75) is 173 Å². The molecule has 0 fully saturated rings. The minimum absolute atomic E-state index is 0.0365. The van der Waals surface area contributed by atoms with Gasteiger partial charge >= 0.3 is 5.97 Å². The fraction of sp³-hybridized carbons (Fsp3) is 0.538. The van der Waals surface area contributed by atoms with Crippen LogP contribution in [0.4, 0.5) is 0 Å². The number of aromatic nitrogens is 2. The largest absolute Gasteiger partial charge is 0.480 e. The highest BCUT2D eigenvalue weighted by Crippen LogP contribution is 2.22. The van der Waals surface area contributed by atoms with Crippen LogP contribution in [0.5, 0.6) is 0 Å². The lowest BCUT2D eigenvalue weighted by atomic mass is 9.99. The van der Waals surface area contributed by atoms with E-state index in [1.165, 1.54) is 0 Å². The maximum absolute atomic E-state index is 14.9. The second-order valence-electron chi connectivity index (χ2n) is 25.6. The highest BCUT2D eigenvalue weighted by molar-refractivity contribution is 7.80. The first kappa shape index (κ1) is 84.3. The number of aliphatic imine (C=N–C) groups is 2. The Morgan fingerprint density at radius 1 is 0.461 bits per heavy atom. The fourth-order valence-corrected chi connectivity index (χ4v) is 10.8. The molecule has 2 aromatic heterocycles. The van der Waals surface area contributed by atoms with Crippen molar-refractivity contribution in [2.75, 3.05) is 32.0 Å². The van der Waals surface area contributed by atoms with Crippen molar-refractivity contribution >= 4 is 117 Å². The molecule has 11 amide bonds. The van der Waals surface area contributed by atoms with Gasteiger partial charge in [-0.1, -0.05) is 77.9 Å². The Balaban J connectivity index is 1.57. The number of aromatic amines is 2. The summed E-state index contributed by atoms with van der Waals surface area (Å²) in [5.41, 5.74) is 31.1. The number of thiol groups is 1. The summed E-state index contributed by atoms with van der Waals surface area (Å²) in [6.45, 7) is 9.96. The lowest BCUT2D eigenvalue weighted by Gasteiger charge is -2.30. The van der Waals surface area contributed by atoms with Crippen LogP contribution >= 0.6 is 12.6 Å². The number of carboxylic acid groups (broad SMARTS) is 1. The first-order chi connectivity index (χ1) is 48.1. The maximum atomic E-state index is 14.9. The zero-order valence-corrected chi connectivity index (χ0v) is 59.1. The second-order valence-corrected chi connectivity index (χ2v) is 25.9. The van der Waals surface area contributed by atoms with E-state index in [9.17, 15) is 78.0 Å². The molecule has 562 valence electrons. The summed E-state index contributed by atoms with van der Waals surface area (Å²) in [6.07, 6.45) is -0.281. The molecule has 13 atom stereocenters. The van der Waals surface area contributed by atoms with E-state index in [2.05, 4.69) is 91.1 Å². The SMILES string of the molecule is CC(C)[C@H](NC(=O)[C@H](CCCN=C(N)N)NC(=O)[C@@H](NC(=O)CNC(=O)[C@H](CO)NC(=O)[C@@H](N)Cc1c[nH]c2ccccc12)[C@@H](C)O)C(=O)N[C@@H](Cc1c[nH]c2ccccc12)C(=O)N[C@@H](CCCN=C(N)N)C(=O)N[C@@H](CS)C(=O)N[C@H](C(=O)N[C@H](C(=O)N[C@H](C(=O)O)[C@@H](C)O)C(C)C)C(C)C. The highest BCUT2D eigenvalue weighted by Gasteiger charge is 2.38. The molecule has 27 N–H and O–H groups in total. The number of amides is 11. The third kappa shape index (κ3) is 26.1. The van der Waals surface area contributed by atoms with E-state index >= 15 is 0 Å². The van der Waals surface area contributed by atoms with E-state index in [0.717, 1.165) is 30.3 Å². The van der Waals surface area contributed by atoms with Crippen molar-refractivity contribution in [1.29, 1.82) is 0 Å². The van der Waals surface area contributed by atoms with Gasteiger partial charge in [-0.05, 0) is 87.0 Å². The number of nitrogens with zero attached hydrogens (tertiary/aromatic N) is 2. The number of carbonyl (C=O) groups is 12. The highest BCUT2D eigenvalue weighted by atomic mass is 32.1. The van der Waals surface area contributed by atoms with E-state index < -0.39 is 181 Å². The van der Waals surface area contributed by atoms with E-state index in [1.54, 1.807) is 78.2 Å². The Kier molecular flexibility index (Phi) is 33.9. The van der Waals surface area contributed by atoms with Crippen LogP contribution < -0.4 is 87.2 Å². The number of hydrogen-bond donors (Lipinski definition) is 23. The van der Waals surface area contributed by atoms with E-state index in [4.69, 9.17) is 28.7 Å². The predicted octanol–water partition coefficient (Wildman–Crippen LogP) is -5.43. The molecule has 0 saturated carbocycles. The fourth-order valence-electron chi connectivity index (χ4n) is 10.5. The van der Waals surface area contributed by atoms with Crippen molar-refractivity contribution < 1.29 is 78.0 Å². The number of nitrogens with one attached hydrogen (secondary N) is 13. The molecule has 0 saturated heterocycles. The Bertz CT molecular complexity index is 3610. The average Bonchev–Trinajstić information content (AvgIpc) is 1.73. The number of para-hydroxylation sites is 2. The number of guanidine groups is 2. The number of aliphatic carboxylic acids is 1. The zero-order chi connectivity index (χ0) is 76.2. The minimum Gasteiger partial charge on any atom is -0.480 e. The number of fused-ring (bicyclic) bond motifs is 2. The van der Waals surface area contributed by atoms with Gasteiger partial charge in [0, 0.05) is 59.5 Å². The lowest BCUT2D eigenvalue weighted by molar-refractivity contribution is -0.145. The summed E-state index contributed by atoms with van der Waals surface area (Å²) >= 11 is 4.31. The Labute approximate surface area is 594 Å². The van der Waals surface area contributed by atoms with Crippen LogP contribution in [-0.4, -0.2) is 224 Å². The normalized spacial score (nSPS) is 15.2. The standard InChI is InChI=1S/C65H100N20O16S/c1-30(2)48(82-56(93)43(20-14-22-72-65(69)70)77-62(99)51(33(7)87)81-47(89)27-75-54(91)45(28-86)79-53(90)39(66)23-35-25-73-40-17-11-9-15-37(35)40)59(96)78-44(24-36-26-74-41-18-12-10-16-38(36)41)57(94)76-42(19-13-21-71-64(67)68)55(92)80-46(29-102)58(95)83-49(31(3)4)60(97)84-50(32(5)6)61(98)85-52(34(8)88)63(100)101/h9-12,15-18,25-26,30-34,39,42-46,48-52,73-74,86-88,102H,13-14,19-24,27-29,66H2,1-8H3,(H,75,91)(H,76,94)(H,77,99)(H,78,96)(H,79,90)(H,80,92)(H,81,89)(H,82,93)(H,83,95)(H,84,97)(H,85,98)(H,100,101)(H4,67,68,71)(H4,69,70,72)/t33-,34-,39+,42+,43+,44+,45+,46+,48+,49+,50+,51+,52+/m1/s1. The van der Waals surface area contributed by atoms with Crippen LogP contribution in [0.25, 0.3) is 21.8 Å². The number of hydrogen-bond acceptors (Lipinski definition) is 19. The molecular weight excluding hydrogens is 1350 g/mol. The summed E-state index contributed by atoms with van der Waals surface area (Å²) in [4.78, 5) is 179. The molecule has 2 aromatic carbocycles. The van der Waals surface area contributed by atoms with Crippen LogP contribution in [0.3, 0.4) is 0 Å². The van der Waals surface area contributed by atoms with Gasteiger partial charge in [0.2, 0.25) is 65.0 Å². The Morgan fingerprint density at radius 3 is 1.27 bits per heavy atom. The molecule has 0 aliphatic carbocycles. The van der Waals surface area contributed by atoms with Gasteiger partial charge in [-0.25, -0.2) is 4.79 Å². The van der Waals surface area contributed by atoms with Crippen molar-refractivity contribution in [3.63, 3.8) is 0 Å². The van der Waals surface area contributed by atoms with E-state index in [0.29, 0.717) is 16.5 Å². The minimum atomic E-state index is -1.78. The number of aliphatic hydroxyl groups is 3. The van der Waals surface area contributed by atoms with Crippen molar-refractivity contribution in [3.05, 3.63) is 72.1 Å². The molecule has 0 aliphatic rings. The van der Waals surface area contributed by atoms with Crippen molar-refractivity contribution in [1.82, 2.24) is 68.5 Å². The first-order valence-electron chi connectivity index (χ1n) is 33.2. The number of benzene rings is 2. The quantitative estimate of drug-likeness (QED) is 0.00852. The maximum Gasteiger partial charge on any atom is 0.328 e. The molecule has 37 heteroatoms. The smallest absolute Gasteiger partial charge is 0.328 e. The molecule has 0 aliphatic heterocycles. The number of carboxylic acids is 1. The van der Waals surface area contributed by atoms with Crippen molar-refractivity contribution in [3.8, 4) is 0 Å². The van der Waals surface area contributed by atoms with Gasteiger partial charge in [0.25, 0.3) is 0 Å². The van der Waals surface area contributed by atoms with Gasteiger partial charge in [0.1, 0.15) is 54.4 Å². The first-order valence-corrected chi connectivity index (χ1v) is 33.8. The van der Waals surface area contributed by atoms with E-state index in [-0.39, 0.29) is 69.3 Å². The topological polar surface area (TPSA) is 604 Å². The van der Waals surface area contributed by atoms with E-state index in [1.807, 2.05) is 24.3 Å². The van der Waals surface area contributed by atoms with Crippen LogP contribution in [0.15, 0.2) is 70.9 Å². The van der Waals surface area contributed by atoms with Crippen molar-refractivity contribution in [2.24, 2.45) is 56.4 Å². The zero-order valence-electron chi connectivity index (χ0n) is 58.2. The summed E-state index contributed by atoms with van der Waals surface area (Å²) in [5.74, 6) is -14.9. The Hall–Kier alpha value is -10.1. The van der Waals surface area contributed by atoms with Crippen LogP contribution in [0.2, 0.25) is 0 Å². The molecule has 36 nitrogen and oxygen atoms in total. The number of H-pyrrole nitrogens is 2. The van der Waals surface area contributed by atoms with Gasteiger partial charge in [0.05, 0.1) is 31.4 Å². The predicted molar refractivity (Wildman–Crippen MR) is 381 cm³/mol. The van der Waals surface area contributed by atoms with Gasteiger partial charge < -0.3 is 118 Å². The molecule has 102 heavy (non-hydrogen) atoms. The second kappa shape index (κ2) is 41.0. The summed E-state index contributed by atoms with van der Waals surface area (Å²) in [7, 11) is 0. The van der Waals surface area contributed by atoms with Gasteiger partial charge in [0.15, 0.2) is 18.0 Å². The molecular formula is C65H100N20O16S. The average molecular weight is 1450 g/mol. The van der Waals surface area contributed by atoms with Gasteiger partial charge in [-0.3, -0.25) is 62.7 Å². The Morgan fingerprint density at radius 2 is 0.833 bits per heavy atom. The molecule has 4 aromatic rings. The molecule has 0 unspecified atom stereocenters. The molecule has 0 radical (unpaired) electrons. The van der Waals surface area contributed by atoms with Crippen LogP contribution in [-0.2, 0) is 70.4 Å². The third-order valence-electron chi connectivity index (χ3n) is 16.3. The number of nitrogens with two attached hydrogens (primary N) is 5. The molecule has 4 rings (SSSR count). The summed E-state index contributed by atoms with van der Waals surface area (Å²) in [5, 5.41) is 69.2. The van der Waals surface area contributed by atoms with Crippen LogP contribution in [0.1, 0.15) is 92.2 Å². The number of rotatable bonds is 42. The third-order valence-corrected chi connectivity index (χ3v) is 16.6. The molecule has 0 bridgehead atoms. The van der Waals surface area contributed by atoms with Gasteiger partial charge in [-0.2, -0.15) is 12.6 Å². The monoisotopic (exact) mass is 1450 g/mol. The molecule has 0 spiro atoms. The summed E-state index contributed by atoms with van der Waals surface area (Å²) < 4.78 is 0.